The molecule has 0 aromatic rings. The molecule has 2 amide bonds. The van der Waals surface area contributed by atoms with Crippen molar-refractivity contribution in [1.82, 2.24) is 10.2 Å². The van der Waals surface area contributed by atoms with E-state index in [9.17, 15) is 9.59 Å². The number of likely N-dealkylation sites (N-methyl/N-ethyl adjacent to an activating group) is 1. The van der Waals surface area contributed by atoms with Crippen molar-refractivity contribution in [2.75, 3.05) is 20.1 Å². The average Bonchev–Trinajstić information content (AvgIpc) is 2.10. The number of aliphatic hydroxyl groups is 1. The molecule has 0 aromatic heterocycles. The molecule has 0 fully saturated rings. The maximum Gasteiger partial charge on any atom is 0.317 e. The largest absolute Gasteiger partial charge is 0.481 e. The molecule has 1 unspecified atom stereocenters. The molecule has 0 heterocycles. The molecule has 0 aliphatic carbocycles. The number of rotatable bonds is 6. The van der Waals surface area contributed by atoms with Crippen LogP contribution >= 0.6 is 0 Å². The van der Waals surface area contributed by atoms with Crippen LogP contribution in [0.5, 0.6) is 0 Å². The fourth-order valence-electron chi connectivity index (χ4n) is 1.05. The van der Waals surface area contributed by atoms with E-state index in [-0.39, 0.29) is 19.0 Å². The Bertz CT molecular complexity index is 218. The first-order valence-electron chi connectivity index (χ1n) is 4.82. The van der Waals surface area contributed by atoms with Crippen LogP contribution in [-0.2, 0) is 4.79 Å². The second kappa shape index (κ2) is 7.05. The number of carboxylic acid groups (broad SMARTS) is 1. The molecule has 0 aliphatic rings. The van der Waals surface area contributed by atoms with E-state index in [0.29, 0.717) is 13.0 Å². The van der Waals surface area contributed by atoms with Crippen LogP contribution in [-0.4, -0.2) is 53.4 Å². The SMILES string of the molecule is CC(O)CN(C)C(=O)NCCCC(=O)O. The number of nitrogens with zero attached hydrogens (tertiary/aromatic N) is 1. The Hall–Kier alpha value is -1.30. The van der Waals surface area contributed by atoms with E-state index >= 15 is 0 Å². The zero-order valence-corrected chi connectivity index (χ0v) is 9.06. The first-order valence-corrected chi connectivity index (χ1v) is 4.82. The van der Waals surface area contributed by atoms with Gasteiger partial charge in [-0.2, -0.15) is 0 Å². The molecule has 0 saturated carbocycles. The van der Waals surface area contributed by atoms with E-state index in [1.54, 1.807) is 14.0 Å². The van der Waals surface area contributed by atoms with Crippen molar-refractivity contribution >= 4 is 12.0 Å². The van der Waals surface area contributed by atoms with E-state index in [0.717, 1.165) is 0 Å². The van der Waals surface area contributed by atoms with Crippen molar-refractivity contribution in [3.63, 3.8) is 0 Å². The third-order valence-corrected chi connectivity index (χ3v) is 1.73. The van der Waals surface area contributed by atoms with Crippen LogP contribution in [0.1, 0.15) is 19.8 Å². The Kier molecular flexibility index (Phi) is 6.44. The normalized spacial score (nSPS) is 11.9. The van der Waals surface area contributed by atoms with Crippen molar-refractivity contribution in [1.29, 1.82) is 0 Å². The molecule has 0 aromatic carbocycles. The number of urea groups is 1. The average molecular weight is 218 g/mol. The summed E-state index contributed by atoms with van der Waals surface area (Å²) >= 11 is 0. The number of carbonyl (C=O) groups excluding carboxylic acids is 1. The number of carboxylic acids is 1. The first kappa shape index (κ1) is 13.7. The minimum atomic E-state index is -0.874. The first-order chi connectivity index (χ1) is 6.93. The molecule has 6 nitrogen and oxygen atoms in total. The van der Waals surface area contributed by atoms with Gasteiger partial charge in [-0.25, -0.2) is 4.79 Å². The quantitative estimate of drug-likeness (QED) is 0.542. The molecular formula is C9H18N2O4. The highest BCUT2D eigenvalue weighted by Crippen LogP contribution is 1.91. The fraction of sp³-hybridized carbons (Fsp3) is 0.778. The van der Waals surface area contributed by atoms with Gasteiger partial charge in [0.05, 0.1) is 6.10 Å². The van der Waals surface area contributed by atoms with Crippen LogP contribution in [0.2, 0.25) is 0 Å². The van der Waals surface area contributed by atoms with E-state index in [2.05, 4.69) is 5.32 Å². The minimum absolute atomic E-state index is 0.0421. The minimum Gasteiger partial charge on any atom is -0.481 e. The zero-order chi connectivity index (χ0) is 11.8. The predicted molar refractivity (Wildman–Crippen MR) is 54.6 cm³/mol. The van der Waals surface area contributed by atoms with Gasteiger partial charge in [0.25, 0.3) is 0 Å². The van der Waals surface area contributed by atoms with Gasteiger partial charge in [0.2, 0.25) is 0 Å². The molecule has 6 heteroatoms. The fourth-order valence-corrected chi connectivity index (χ4v) is 1.05. The van der Waals surface area contributed by atoms with Crippen LogP contribution in [0.4, 0.5) is 4.79 Å². The maximum absolute atomic E-state index is 11.3. The number of aliphatic carboxylic acids is 1. The highest BCUT2D eigenvalue weighted by atomic mass is 16.4. The highest BCUT2D eigenvalue weighted by molar-refractivity contribution is 5.73. The van der Waals surface area contributed by atoms with E-state index in [1.165, 1.54) is 4.90 Å². The summed E-state index contributed by atoms with van der Waals surface area (Å²) in [5, 5.41) is 19.9. The maximum atomic E-state index is 11.3. The van der Waals surface area contributed by atoms with Gasteiger partial charge in [0.15, 0.2) is 0 Å². The van der Waals surface area contributed by atoms with E-state index in [4.69, 9.17) is 10.2 Å². The molecule has 0 bridgehead atoms. The summed E-state index contributed by atoms with van der Waals surface area (Å²) in [6, 6.07) is -0.304. The molecule has 0 spiro atoms. The van der Waals surface area contributed by atoms with Crippen LogP contribution in [0.25, 0.3) is 0 Å². The molecule has 0 rings (SSSR count). The Balaban J connectivity index is 3.60. The van der Waals surface area contributed by atoms with Crippen molar-refractivity contribution in [2.45, 2.75) is 25.9 Å². The number of hydrogen-bond donors (Lipinski definition) is 3. The third-order valence-electron chi connectivity index (χ3n) is 1.73. The summed E-state index contributed by atoms with van der Waals surface area (Å²) in [4.78, 5) is 22.8. The highest BCUT2D eigenvalue weighted by Gasteiger charge is 2.09. The lowest BCUT2D eigenvalue weighted by molar-refractivity contribution is -0.137. The number of nitrogens with one attached hydrogen (secondary N) is 1. The molecule has 3 N–H and O–H groups in total. The zero-order valence-electron chi connectivity index (χ0n) is 9.06. The molecule has 0 saturated heterocycles. The van der Waals surface area contributed by atoms with Crippen LogP contribution < -0.4 is 5.32 Å². The topological polar surface area (TPSA) is 89.9 Å². The lowest BCUT2D eigenvalue weighted by atomic mass is 10.3. The number of aliphatic hydroxyl groups excluding tert-OH is 1. The summed E-state index contributed by atoms with van der Waals surface area (Å²) in [5.41, 5.74) is 0. The summed E-state index contributed by atoms with van der Waals surface area (Å²) < 4.78 is 0. The Morgan fingerprint density at radius 2 is 2.07 bits per heavy atom. The summed E-state index contributed by atoms with van der Waals surface area (Å²) in [7, 11) is 1.57. The second-order valence-corrected chi connectivity index (χ2v) is 3.46. The Morgan fingerprint density at radius 1 is 1.47 bits per heavy atom. The molecule has 1 atom stereocenters. The Labute approximate surface area is 88.9 Å². The van der Waals surface area contributed by atoms with Crippen LogP contribution in [0, 0.1) is 0 Å². The lowest BCUT2D eigenvalue weighted by Gasteiger charge is -2.19. The number of hydrogen-bond acceptors (Lipinski definition) is 3. The third kappa shape index (κ3) is 7.75. The van der Waals surface area contributed by atoms with Crippen LogP contribution in [0.15, 0.2) is 0 Å². The van der Waals surface area contributed by atoms with Crippen LogP contribution in [0.3, 0.4) is 0 Å². The molecule has 0 aliphatic heterocycles. The molecule has 15 heavy (non-hydrogen) atoms. The number of carbonyl (C=O) groups is 2. The van der Waals surface area contributed by atoms with Gasteiger partial charge in [-0.3, -0.25) is 4.79 Å². The predicted octanol–water partition coefficient (Wildman–Crippen LogP) is -0.127. The number of amides is 2. The summed E-state index contributed by atoms with van der Waals surface area (Å²) in [6.07, 6.45) is -0.121. The second-order valence-electron chi connectivity index (χ2n) is 3.46. The van der Waals surface area contributed by atoms with Gasteiger partial charge in [-0.1, -0.05) is 0 Å². The Morgan fingerprint density at radius 3 is 2.53 bits per heavy atom. The summed E-state index contributed by atoms with van der Waals surface area (Å²) in [5.74, 6) is -0.874. The van der Waals surface area contributed by atoms with Crippen molar-refractivity contribution in [2.24, 2.45) is 0 Å². The lowest BCUT2D eigenvalue weighted by Crippen LogP contribution is -2.41. The van der Waals surface area contributed by atoms with Gasteiger partial charge >= 0.3 is 12.0 Å². The van der Waals surface area contributed by atoms with E-state index in [1.807, 2.05) is 0 Å². The van der Waals surface area contributed by atoms with Gasteiger partial charge < -0.3 is 20.4 Å². The molecule has 0 radical (unpaired) electrons. The van der Waals surface area contributed by atoms with Crippen molar-refractivity contribution in [3.8, 4) is 0 Å². The smallest absolute Gasteiger partial charge is 0.317 e. The van der Waals surface area contributed by atoms with Gasteiger partial charge in [-0.15, -0.1) is 0 Å². The van der Waals surface area contributed by atoms with Gasteiger partial charge in [0, 0.05) is 26.6 Å². The molecule has 88 valence electrons. The van der Waals surface area contributed by atoms with Gasteiger partial charge in [0.1, 0.15) is 0 Å². The summed E-state index contributed by atoms with van der Waals surface area (Å²) in [6.45, 7) is 2.17. The van der Waals surface area contributed by atoms with Crippen molar-refractivity contribution < 1.29 is 19.8 Å². The standard InChI is InChI=1S/C9H18N2O4/c1-7(12)6-11(2)9(15)10-5-3-4-8(13)14/h7,12H,3-6H2,1-2H3,(H,10,15)(H,13,14). The molecular weight excluding hydrogens is 200 g/mol. The van der Waals surface area contributed by atoms with Crippen molar-refractivity contribution in [3.05, 3.63) is 0 Å². The van der Waals surface area contributed by atoms with Gasteiger partial charge in [-0.05, 0) is 13.3 Å². The van der Waals surface area contributed by atoms with E-state index < -0.39 is 12.1 Å². The monoisotopic (exact) mass is 218 g/mol.